The highest BCUT2D eigenvalue weighted by Crippen LogP contribution is 2.28. The number of hydrogen-bond acceptors (Lipinski definition) is 1. The van der Waals surface area contributed by atoms with E-state index in [1.807, 2.05) is 12.1 Å². The third-order valence-electron chi connectivity index (χ3n) is 1.84. The Kier molecular flexibility index (Phi) is 3.38. The average molecular weight is 276 g/mol. The summed E-state index contributed by atoms with van der Waals surface area (Å²) >= 11 is 2.33. The van der Waals surface area contributed by atoms with E-state index in [0.29, 0.717) is 5.92 Å². The topological polar surface area (TPSA) is 9.23 Å². The zero-order valence-corrected chi connectivity index (χ0v) is 9.75. The van der Waals surface area contributed by atoms with Gasteiger partial charge in [-0.2, -0.15) is 0 Å². The molecule has 0 N–H and O–H groups in total. The second-order valence-electron chi connectivity index (χ2n) is 3.02. The van der Waals surface area contributed by atoms with Crippen LogP contribution in [0.1, 0.15) is 25.3 Å². The van der Waals surface area contributed by atoms with Crippen molar-refractivity contribution in [2.24, 2.45) is 0 Å². The van der Waals surface area contributed by atoms with Gasteiger partial charge in [-0.15, -0.1) is 0 Å². The molecule has 0 amide bonds. The number of rotatable bonds is 2. The van der Waals surface area contributed by atoms with Gasteiger partial charge in [-0.05, 0) is 40.1 Å². The van der Waals surface area contributed by atoms with Crippen molar-refractivity contribution in [3.05, 3.63) is 27.3 Å². The van der Waals surface area contributed by atoms with Crippen LogP contribution in [0.25, 0.3) is 0 Å². The molecule has 0 saturated carbocycles. The molecule has 2 heteroatoms. The van der Waals surface area contributed by atoms with Crippen LogP contribution in [0, 0.1) is 3.57 Å². The second kappa shape index (κ2) is 4.12. The van der Waals surface area contributed by atoms with E-state index in [0.717, 1.165) is 5.75 Å². The van der Waals surface area contributed by atoms with Crippen LogP contribution in [0.4, 0.5) is 0 Å². The third-order valence-corrected chi connectivity index (χ3v) is 2.99. The van der Waals surface area contributed by atoms with Crippen LogP contribution in [0.5, 0.6) is 5.75 Å². The van der Waals surface area contributed by atoms with Crippen LogP contribution >= 0.6 is 22.6 Å². The molecule has 66 valence electrons. The highest BCUT2D eigenvalue weighted by atomic mass is 127. The van der Waals surface area contributed by atoms with Crippen molar-refractivity contribution in [3.63, 3.8) is 0 Å². The Morgan fingerprint density at radius 3 is 2.50 bits per heavy atom. The molecule has 0 aliphatic heterocycles. The van der Waals surface area contributed by atoms with E-state index in [4.69, 9.17) is 4.74 Å². The molecular weight excluding hydrogens is 263 g/mol. The van der Waals surface area contributed by atoms with E-state index in [9.17, 15) is 0 Å². The SMILES string of the molecule is COc1cccc(C(C)C)c1I. The molecular formula is C10H13IO. The first kappa shape index (κ1) is 9.84. The van der Waals surface area contributed by atoms with Crippen LogP contribution in [-0.4, -0.2) is 7.11 Å². The largest absolute Gasteiger partial charge is 0.496 e. The fraction of sp³-hybridized carbons (Fsp3) is 0.400. The Balaban J connectivity index is 3.14. The van der Waals surface area contributed by atoms with Gasteiger partial charge < -0.3 is 4.74 Å². The second-order valence-corrected chi connectivity index (χ2v) is 4.10. The maximum absolute atomic E-state index is 5.23. The van der Waals surface area contributed by atoms with Crippen molar-refractivity contribution >= 4 is 22.6 Å². The molecule has 0 spiro atoms. The zero-order chi connectivity index (χ0) is 9.14. The Bertz CT molecular complexity index is 269. The molecule has 1 aromatic carbocycles. The van der Waals surface area contributed by atoms with E-state index in [2.05, 4.69) is 42.5 Å². The highest BCUT2D eigenvalue weighted by molar-refractivity contribution is 14.1. The lowest BCUT2D eigenvalue weighted by atomic mass is 10.0. The van der Waals surface area contributed by atoms with E-state index in [1.54, 1.807) is 7.11 Å². The summed E-state index contributed by atoms with van der Waals surface area (Å²) in [5.41, 5.74) is 1.36. The smallest absolute Gasteiger partial charge is 0.132 e. The summed E-state index contributed by atoms with van der Waals surface area (Å²) in [4.78, 5) is 0. The molecule has 0 fully saturated rings. The molecule has 0 bridgehead atoms. The maximum atomic E-state index is 5.23. The molecule has 0 radical (unpaired) electrons. The van der Waals surface area contributed by atoms with Gasteiger partial charge in [0, 0.05) is 0 Å². The first-order chi connectivity index (χ1) is 5.66. The van der Waals surface area contributed by atoms with E-state index >= 15 is 0 Å². The predicted octanol–water partition coefficient (Wildman–Crippen LogP) is 3.42. The van der Waals surface area contributed by atoms with Crippen molar-refractivity contribution < 1.29 is 4.74 Å². The van der Waals surface area contributed by atoms with Crippen molar-refractivity contribution in [2.45, 2.75) is 19.8 Å². The molecule has 0 atom stereocenters. The van der Waals surface area contributed by atoms with Crippen LogP contribution in [0.2, 0.25) is 0 Å². The molecule has 0 heterocycles. The van der Waals surface area contributed by atoms with Gasteiger partial charge in [0.05, 0.1) is 10.7 Å². The molecule has 0 aliphatic rings. The summed E-state index contributed by atoms with van der Waals surface area (Å²) in [5.74, 6) is 1.54. The average Bonchev–Trinajstić information content (AvgIpc) is 2.04. The van der Waals surface area contributed by atoms with Crippen molar-refractivity contribution in [3.8, 4) is 5.75 Å². The predicted molar refractivity (Wildman–Crippen MR) is 59.8 cm³/mol. The summed E-state index contributed by atoms with van der Waals surface area (Å²) < 4.78 is 6.46. The molecule has 1 nitrogen and oxygen atoms in total. The summed E-state index contributed by atoms with van der Waals surface area (Å²) in [6.45, 7) is 4.38. The monoisotopic (exact) mass is 276 g/mol. The highest BCUT2D eigenvalue weighted by Gasteiger charge is 2.07. The molecule has 0 aliphatic carbocycles. The van der Waals surface area contributed by atoms with Gasteiger partial charge in [0.15, 0.2) is 0 Å². The lowest BCUT2D eigenvalue weighted by Gasteiger charge is -2.11. The molecule has 12 heavy (non-hydrogen) atoms. The molecule has 1 aromatic rings. The zero-order valence-electron chi connectivity index (χ0n) is 7.60. The Labute approximate surface area is 87.3 Å². The fourth-order valence-corrected chi connectivity index (χ4v) is 2.33. The van der Waals surface area contributed by atoms with Crippen LogP contribution in [0.3, 0.4) is 0 Å². The third kappa shape index (κ3) is 1.91. The number of benzene rings is 1. The quantitative estimate of drug-likeness (QED) is 0.752. The molecule has 1 rings (SSSR count). The molecule has 0 unspecified atom stereocenters. The number of halogens is 1. The molecule has 0 saturated heterocycles. The lowest BCUT2D eigenvalue weighted by molar-refractivity contribution is 0.411. The van der Waals surface area contributed by atoms with E-state index in [1.165, 1.54) is 9.13 Å². The van der Waals surface area contributed by atoms with Gasteiger partial charge in [0.25, 0.3) is 0 Å². The summed E-state index contributed by atoms with van der Waals surface area (Å²) in [6, 6.07) is 6.18. The summed E-state index contributed by atoms with van der Waals surface area (Å²) in [5, 5.41) is 0. The van der Waals surface area contributed by atoms with Gasteiger partial charge in [-0.3, -0.25) is 0 Å². The molecule has 0 aromatic heterocycles. The minimum atomic E-state index is 0.562. The van der Waals surface area contributed by atoms with Crippen molar-refractivity contribution in [1.82, 2.24) is 0 Å². The fourth-order valence-electron chi connectivity index (χ4n) is 1.13. The first-order valence-electron chi connectivity index (χ1n) is 3.99. The van der Waals surface area contributed by atoms with Crippen LogP contribution in [-0.2, 0) is 0 Å². The minimum Gasteiger partial charge on any atom is -0.496 e. The van der Waals surface area contributed by atoms with Gasteiger partial charge in [0.2, 0.25) is 0 Å². The van der Waals surface area contributed by atoms with Gasteiger partial charge in [0.1, 0.15) is 5.75 Å². The van der Waals surface area contributed by atoms with E-state index < -0.39 is 0 Å². The van der Waals surface area contributed by atoms with Crippen LogP contribution in [0.15, 0.2) is 18.2 Å². The number of hydrogen-bond donors (Lipinski definition) is 0. The van der Waals surface area contributed by atoms with Gasteiger partial charge in [-0.25, -0.2) is 0 Å². The maximum Gasteiger partial charge on any atom is 0.132 e. The number of methoxy groups -OCH3 is 1. The minimum absolute atomic E-state index is 0.562. The number of ether oxygens (including phenoxy) is 1. The van der Waals surface area contributed by atoms with Gasteiger partial charge in [-0.1, -0.05) is 26.0 Å². The summed E-state index contributed by atoms with van der Waals surface area (Å²) in [7, 11) is 1.71. The Morgan fingerprint density at radius 2 is 2.00 bits per heavy atom. The normalized spacial score (nSPS) is 10.4. The Morgan fingerprint density at radius 1 is 1.33 bits per heavy atom. The lowest BCUT2D eigenvalue weighted by Crippen LogP contribution is -1.94. The summed E-state index contributed by atoms with van der Waals surface area (Å²) in [6.07, 6.45) is 0. The van der Waals surface area contributed by atoms with Gasteiger partial charge >= 0.3 is 0 Å². The van der Waals surface area contributed by atoms with E-state index in [-0.39, 0.29) is 0 Å². The van der Waals surface area contributed by atoms with Crippen molar-refractivity contribution in [2.75, 3.05) is 7.11 Å². The van der Waals surface area contributed by atoms with Crippen LogP contribution < -0.4 is 4.74 Å². The first-order valence-corrected chi connectivity index (χ1v) is 5.07. The standard InChI is InChI=1S/C10H13IO/c1-7(2)8-5-4-6-9(12-3)10(8)11/h4-7H,1-3H3. The Hall–Kier alpha value is -0.250. The van der Waals surface area contributed by atoms with Crippen molar-refractivity contribution in [1.29, 1.82) is 0 Å².